The van der Waals surface area contributed by atoms with Gasteiger partial charge in [-0.05, 0) is 24.3 Å². The molecule has 20 heavy (non-hydrogen) atoms. The van der Waals surface area contributed by atoms with Gasteiger partial charge in [0.05, 0.1) is 0 Å². The molecule has 0 saturated carbocycles. The lowest BCUT2D eigenvalue weighted by atomic mass is 9.92. The zero-order valence-corrected chi connectivity index (χ0v) is 11.5. The van der Waals surface area contributed by atoms with Gasteiger partial charge in [-0.1, -0.05) is 13.8 Å². The van der Waals surface area contributed by atoms with Gasteiger partial charge in [0, 0.05) is 19.3 Å². The lowest BCUT2D eigenvalue weighted by Gasteiger charge is -2.35. The molecular formula is C13H18F3N3O. The molecule has 1 saturated heterocycles. The molecule has 2 heterocycles. The van der Waals surface area contributed by atoms with Crippen LogP contribution in [-0.4, -0.2) is 33.7 Å². The molecule has 0 spiro atoms. The van der Waals surface area contributed by atoms with E-state index >= 15 is 0 Å². The zero-order valence-electron chi connectivity index (χ0n) is 11.5. The maximum Gasteiger partial charge on any atom is 0.435 e. The number of alkyl halides is 3. The molecule has 1 aliphatic heterocycles. The standard InChI is InChI=1S/C13H18F3N3O/c1-9-5-10(2)7-18(6-9)12(20)8-19-4-3-11(17-19)13(14,15)16/h3-4,9-10H,5-8H2,1-2H3. The van der Waals surface area contributed by atoms with Crippen molar-refractivity contribution in [1.82, 2.24) is 14.7 Å². The van der Waals surface area contributed by atoms with E-state index in [4.69, 9.17) is 0 Å². The molecule has 112 valence electrons. The molecule has 0 radical (unpaired) electrons. The van der Waals surface area contributed by atoms with Crippen molar-refractivity contribution in [1.29, 1.82) is 0 Å². The highest BCUT2D eigenvalue weighted by Crippen LogP contribution is 2.27. The second-order valence-electron chi connectivity index (χ2n) is 5.64. The number of hydrogen-bond acceptors (Lipinski definition) is 2. The van der Waals surface area contributed by atoms with Gasteiger partial charge in [0.2, 0.25) is 5.91 Å². The van der Waals surface area contributed by atoms with Gasteiger partial charge in [0.15, 0.2) is 5.69 Å². The van der Waals surface area contributed by atoms with E-state index in [0.29, 0.717) is 24.9 Å². The van der Waals surface area contributed by atoms with Crippen molar-refractivity contribution in [2.45, 2.75) is 33.0 Å². The lowest BCUT2D eigenvalue weighted by Crippen LogP contribution is -2.44. The van der Waals surface area contributed by atoms with Gasteiger partial charge in [0.25, 0.3) is 0 Å². The molecule has 1 aromatic rings. The van der Waals surface area contributed by atoms with E-state index in [-0.39, 0.29) is 12.5 Å². The summed E-state index contributed by atoms with van der Waals surface area (Å²) < 4.78 is 38.3. The maximum atomic E-state index is 12.4. The number of aromatic nitrogens is 2. The first-order valence-corrected chi connectivity index (χ1v) is 6.64. The molecule has 0 aromatic carbocycles. The van der Waals surface area contributed by atoms with Crippen molar-refractivity contribution < 1.29 is 18.0 Å². The normalized spacial score (nSPS) is 23.9. The monoisotopic (exact) mass is 289 g/mol. The lowest BCUT2D eigenvalue weighted by molar-refractivity contribution is -0.142. The molecule has 2 rings (SSSR count). The third-order valence-corrected chi connectivity index (χ3v) is 3.45. The van der Waals surface area contributed by atoms with Gasteiger partial charge < -0.3 is 4.90 Å². The Balaban J connectivity index is 1.99. The number of hydrogen-bond donors (Lipinski definition) is 0. The van der Waals surface area contributed by atoms with E-state index < -0.39 is 11.9 Å². The number of amides is 1. The molecule has 4 nitrogen and oxygen atoms in total. The van der Waals surface area contributed by atoms with Crippen LogP contribution in [0.1, 0.15) is 26.0 Å². The smallest absolute Gasteiger partial charge is 0.341 e. The number of likely N-dealkylation sites (tertiary alicyclic amines) is 1. The van der Waals surface area contributed by atoms with Crippen molar-refractivity contribution >= 4 is 5.91 Å². The van der Waals surface area contributed by atoms with Crippen molar-refractivity contribution in [2.24, 2.45) is 11.8 Å². The van der Waals surface area contributed by atoms with Crippen LogP contribution >= 0.6 is 0 Å². The molecule has 2 atom stereocenters. The highest BCUT2D eigenvalue weighted by Gasteiger charge is 2.34. The second-order valence-corrected chi connectivity index (χ2v) is 5.64. The largest absolute Gasteiger partial charge is 0.435 e. The quantitative estimate of drug-likeness (QED) is 0.838. The molecule has 1 aromatic heterocycles. The average molecular weight is 289 g/mol. The number of carbonyl (C=O) groups is 1. The fourth-order valence-corrected chi connectivity index (χ4v) is 2.71. The van der Waals surface area contributed by atoms with Crippen LogP contribution in [0.2, 0.25) is 0 Å². The van der Waals surface area contributed by atoms with Crippen molar-refractivity contribution in [2.75, 3.05) is 13.1 Å². The molecule has 1 amide bonds. The van der Waals surface area contributed by atoms with E-state index in [1.54, 1.807) is 4.90 Å². The zero-order chi connectivity index (χ0) is 14.9. The summed E-state index contributed by atoms with van der Waals surface area (Å²) in [5.74, 6) is 0.664. The van der Waals surface area contributed by atoms with Crippen molar-refractivity contribution in [3.05, 3.63) is 18.0 Å². The van der Waals surface area contributed by atoms with Gasteiger partial charge in [-0.25, -0.2) is 0 Å². The maximum absolute atomic E-state index is 12.4. The van der Waals surface area contributed by atoms with Gasteiger partial charge in [-0.2, -0.15) is 18.3 Å². The second kappa shape index (κ2) is 5.46. The third-order valence-electron chi connectivity index (χ3n) is 3.45. The van der Waals surface area contributed by atoms with Crippen LogP contribution in [-0.2, 0) is 17.5 Å². The minimum atomic E-state index is -4.47. The van der Waals surface area contributed by atoms with E-state index in [9.17, 15) is 18.0 Å². The van der Waals surface area contributed by atoms with Gasteiger partial charge in [-0.15, -0.1) is 0 Å². The molecule has 1 fully saturated rings. The van der Waals surface area contributed by atoms with E-state index in [1.807, 2.05) is 0 Å². The van der Waals surface area contributed by atoms with Crippen LogP contribution in [0, 0.1) is 11.8 Å². The first-order valence-electron chi connectivity index (χ1n) is 6.64. The highest BCUT2D eigenvalue weighted by atomic mass is 19.4. The number of halogens is 3. The number of rotatable bonds is 2. The minimum Gasteiger partial charge on any atom is -0.341 e. The number of carbonyl (C=O) groups excluding carboxylic acids is 1. The molecule has 1 aliphatic rings. The van der Waals surface area contributed by atoms with Crippen LogP contribution in [0.5, 0.6) is 0 Å². The van der Waals surface area contributed by atoms with Crippen molar-refractivity contribution in [3.63, 3.8) is 0 Å². The SMILES string of the molecule is CC1CC(C)CN(C(=O)Cn2ccc(C(F)(F)F)n2)C1. The third kappa shape index (κ3) is 3.52. The first-order chi connectivity index (χ1) is 9.25. The molecule has 0 aliphatic carbocycles. The van der Waals surface area contributed by atoms with Crippen LogP contribution in [0.3, 0.4) is 0 Å². The summed E-state index contributed by atoms with van der Waals surface area (Å²) in [6.45, 7) is 5.33. The molecule has 0 N–H and O–H groups in total. The topological polar surface area (TPSA) is 38.1 Å². The summed E-state index contributed by atoms with van der Waals surface area (Å²) in [7, 11) is 0. The predicted octanol–water partition coefficient (Wildman–Crippen LogP) is 2.41. The molecule has 0 bridgehead atoms. The Morgan fingerprint density at radius 2 is 1.95 bits per heavy atom. The Morgan fingerprint density at radius 1 is 1.35 bits per heavy atom. The molecule has 7 heteroatoms. The Morgan fingerprint density at radius 3 is 2.45 bits per heavy atom. The number of piperidine rings is 1. The van der Waals surface area contributed by atoms with Crippen LogP contribution < -0.4 is 0 Å². The van der Waals surface area contributed by atoms with Gasteiger partial charge >= 0.3 is 6.18 Å². The van der Waals surface area contributed by atoms with E-state index in [2.05, 4.69) is 18.9 Å². The summed E-state index contributed by atoms with van der Waals surface area (Å²) in [5.41, 5.74) is -0.967. The fourth-order valence-electron chi connectivity index (χ4n) is 2.71. The first kappa shape index (κ1) is 14.9. The van der Waals surface area contributed by atoms with Crippen LogP contribution in [0.15, 0.2) is 12.3 Å². The highest BCUT2D eigenvalue weighted by molar-refractivity contribution is 5.76. The summed E-state index contributed by atoms with van der Waals surface area (Å²) in [6.07, 6.45) is -2.20. The summed E-state index contributed by atoms with van der Waals surface area (Å²) >= 11 is 0. The Bertz CT molecular complexity index is 473. The summed E-state index contributed by atoms with van der Waals surface area (Å²) in [5, 5.41) is 3.40. The molecular weight excluding hydrogens is 271 g/mol. The summed E-state index contributed by atoms with van der Waals surface area (Å²) in [4.78, 5) is 13.8. The van der Waals surface area contributed by atoms with E-state index in [0.717, 1.165) is 17.2 Å². The average Bonchev–Trinajstić information content (AvgIpc) is 2.75. The van der Waals surface area contributed by atoms with Gasteiger partial charge in [-0.3, -0.25) is 9.48 Å². The Kier molecular flexibility index (Phi) is 4.06. The Labute approximate surface area is 115 Å². The number of nitrogens with zero attached hydrogens (tertiary/aromatic N) is 3. The van der Waals surface area contributed by atoms with Gasteiger partial charge in [0.1, 0.15) is 6.54 Å². The Hall–Kier alpha value is -1.53. The summed E-state index contributed by atoms with van der Waals surface area (Å²) in [6, 6.07) is 0.884. The fraction of sp³-hybridized carbons (Fsp3) is 0.692. The van der Waals surface area contributed by atoms with Crippen LogP contribution in [0.4, 0.5) is 13.2 Å². The minimum absolute atomic E-state index is 0.143. The van der Waals surface area contributed by atoms with E-state index in [1.165, 1.54) is 6.20 Å². The van der Waals surface area contributed by atoms with Crippen molar-refractivity contribution in [3.8, 4) is 0 Å². The molecule has 2 unspecified atom stereocenters. The predicted molar refractivity (Wildman–Crippen MR) is 66.8 cm³/mol. The van der Waals surface area contributed by atoms with Crippen LogP contribution in [0.25, 0.3) is 0 Å².